The summed E-state index contributed by atoms with van der Waals surface area (Å²) in [5.41, 5.74) is 5.91. The molecule has 1 atom stereocenters. The van der Waals surface area contributed by atoms with Crippen LogP contribution in [0.25, 0.3) is 10.2 Å². The predicted molar refractivity (Wildman–Crippen MR) is 82.6 cm³/mol. The van der Waals surface area contributed by atoms with E-state index in [1.807, 2.05) is 23.7 Å². The Balaban J connectivity index is 1.91. The Bertz CT molecular complexity index is 728. The van der Waals surface area contributed by atoms with E-state index in [-0.39, 0.29) is 6.04 Å². The fourth-order valence-electron chi connectivity index (χ4n) is 2.11. The van der Waals surface area contributed by atoms with Gasteiger partial charge in [0.2, 0.25) is 0 Å². The summed E-state index contributed by atoms with van der Waals surface area (Å²) >= 11 is 7.82. The first-order valence-electron chi connectivity index (χ1n) is 6.15. The molecule has 0 spiro atoms. The maximum Gasteiger partial charge on any atom is 0.0809 e. The average Bonchev–Trinajstić information content (AvgIpc) is 2.94. The zero-order valence-corrected chi connectivity index (χ0v) is 12.2. The van der Waals surface area contributed by atoms with E-state index in [1.54, 1.807) is 23.7 Å². The highest BCUT2D eigenvalue weighted by atomic mass is 35.5. The second-order valence-electron chi connectivity index (χ2n) is 4.46. The van der Waals surface area contributed by atoms with Crippen LogP contribution in [-0.4, -0.2) is 9.97 Å². The number of thiophene rings is 1. The van der Waals surface area contributed by atoms with Gasteiger partial charge < -0.3 is 0 Å². The molecule has 0 saturated heterocycles. The SMILES string of the molecule is NNC(Cc1ccncc1Cl)c1cnc2ccsc2c1. The van der Waals surface area contributed by atoms with Gasteiger partial charge in [-0.05, 0) is 41.1 Å². The number of nitrogens with two attached hydrogens (primary N) is 1. The van der Waals surface area contributed by atoms with Gasteiger partial charge in [-0.2, -0.15) is 0 Å². The van der Waals surface area contributed by atoms with E-state index in [9.17, 15) is 0 Å². The minimum atomic E-state index is -0.0334. The molecule has 3 N–H and O–H groups in total. The van der Waals surface area contributed by atoms with Crippen LogP contribution < -0.4 is 11.3 Å². The molecule has 0 aliphatic heterocycles. The number of rotatable bonds is 4. The van der Waals surface area contributed by atoms with E-state index >= 15 is 0 Å². The normalized spacial score (nSPS) is 12.7. The zero-order valence-electron chi connectivity index (χ0n) is 10.6. The van der Waals surface area contributed by atoms with Gasteiger partial charge in [0, 0.05) is 18.6 Å². The second kappa shape index (κ2) is 5.85. The highest BCUT2D eigenvalue weighted by Gasteiger charge is 2.14. The molecule has 4 nitrogen and oxygen atoms in total. The molecule has 0 radical (unpaired) electrons. The van der Waals surface area contributed by atoms with Gasteiger partial charge in [-0.15, -0.1) is 11.3 Å². The van der Waals surface area contributed by atoms with Gasteiger partial charge >= 0.3 is 0 Å². The molecule has 0 saturated carbocycles. The first-order chi connectivity index (χ1) is 9.78. The first-order valence-corrected chi connectivity index (χ1v) is 7.41. The smallest absolute Gasteiger partial charge is 0.0809 e. The molecule has 0 amide bonds. The number of hydrogen-bond acceptors (Lipinski definition) is 5. The van der Waals surface area contributed by atoms with Crippen LogP contribution in [0.5, 0.6) is 0 Å². The lowest BCUT2D eigenvalue weighted by Gasteiger charge is -2.16. The van der Waals surface area contributed by atoms with Crippen LogP contribution in [-0.2, 0) is 6.42 Å². The summed E-state index contributed by atoms with van der Waals surface area (Å²) in [7, 11) is 0. The van der Waals surface area contributed by atoms with Crippen LogP contribution in [0.3, 0.4) is 0 Å². The molecule has 0 aliphatic rings. The summed E-state index contributed by atoms with van der Waals surface area (Å²) in [6.07, 6.45) is 5.92. The summed E-state index contributed by atoms with van der Waals surface area (Å²) in [5, 5.41) is 2.68. The van der Waals surface area contributed by atoms with E-state index < -0.39 is 0 Å². The van der Waals surface area contributed by atoms with Gasteiger partial charge in [0.05, 0.1) is 21.3 Å². The third-order valence-corrected chi connectivity index (χ3v) is 4.40. The summed E-state index contributed by atoms with van der Waals surface area (Å²) in [5.74, 6) is 5.69. The van der Waals surface area contributed by atoms with Crippen LogP contribution >= 0.6 is 22.9 Å². The van der Waals surface area contributed by atoms with E-state index in [2.05, 4.69) is 21.5 Å². The third kappa shape index (κ3) is 2.66. The molecule has 20 heavy (non-hydrogen) atoms. The number of pyridine rings is 2. The Morgan fingerprint density at radius 1 is 1.35 bits per heavy atom. The van der Waals surface area contributed by atoms with Gasteiger partial charge in [0.15, 0.2) is 0 Å². The quantitative estimate of drug-likeness (QED) is 0.574. The highest BCUT2D eigenvalue weighted by molar-refractivity contribution is 7.17. The van der Waals surface area contributed by atoms with E-state index in [0.29, 0.717) is 11.4 Å². The van der Waals surface area contributed by atoms with Crippen LogP contribution in [0, 0.1) is 0 Å². The van der Waals surface area contributed by atoms with Gasteiger partial charge in [-0.1, -0.05) is 11.6 Å². The van der Waals surface area contributed by atoms with Crippen molar-refractivity contribution in [1.29, 1.82) is 0 Å². The molecule has 3 rings (SSSR count). The molecular formula is C14H13ClN4S. The third-order valence-electron chi connectivity index (χ3n) is 3.21. The Kier molecular flexibility index (Phi) is 3.93. The lowest BCUT2D eigenvalue weighted by Crippen LogP contribution is -2.29. The molecule has 3 heterocycles. The lowest BCUT2D eigenvalue weighted by atomic mass is 10.0. The summed E-state index contributed by atoms with van der Waals surface area (Å²) in [6.45, 7) is 0. The Morgan fingerprint density at radius 2 is 2.25 bits per heavy atom. The van der Waals surface area contributed by atoms with Gasteiger partial charge in [-0.25, -0.2) is 0 Å². The number of nitrogens with one attached hydrogen (secondary N) is 1. The Morgan fingerprint density at radius 3 is 3.05 bits per heavy atom. The maximum atomic E-state index is 6.15. The zero-order chi connectivity index (χ0) is 13.9. The monoisotopic (exact) mass is 304 g/mol. The maximum absolute atomic E-state index is 6.15. The summed E-state index contributed by atoms with van der Waals surface area (Å²) in [6, 6.07) is 6.00. The van der Waals surface area contributed by atoms with Crippen molar-refractivity contribution >= 4 is 33.2 Å². The molecule has 0 aliphatic carbocycles. The molecule has 102 valence electrons. The molecule has 0 aromatic carbocycles. The van der Waals surface area contributed by atoms with Crippen LogP contribution in [0.15, 0.2) is 42.2 Å². The highest BCUT2D eigenvalue weighted by Crippen LogP contribution is 2.26. The average molecular weight is 305 g/mol. The minimum Gasteiger partial charge on any atom is -0.271 e. The molecule has 1 unspecified atom stereocenters. The number of hydrogen-bond donors (Lipinski definition) is 2. The van der Waals surface area contributed by atoms with Crippen molar-refractivity contribution in [2.75, 3.05) is 0 Å². The predicted octanol–water partition coefficient (Wildman–Crippen LogP) is 3.09. The number of nitrogens with zero attached hydrogens (tertiary/aromatic N) is 2. The van der Waals surface area contributed by atoms with Crippen molar-refractivity contribution < 1.29 is 0 Å². The molecule has 0 bridgehead atoms. The van der Waals surface area contributed by atoms with Crippen molar-refractivity contribution in [1.82, 2.24) is 15.4 Å². The van der Waals surface area contributed by atoms with Gasteiger partial charge in [0.1, 0.15) is 0 Å². The summed E-state index contributed by atoms with van der Waals surface area (Å²) in [4.78, 5) is 8.43. The van der Waals surface area contributed by atoms with Crippen LogP contribution in [0.2, 0.25) is 5.02 Å². The number of fused-ring (bicyclic) bond motifs is 1. The van der Waals surface area contributed by atoms with Crippen LogP contribution in [0.4, 0.5) is 0 Å². The fourth-order valence-corrected chi connectivity index (χ4v) is 3.10. The largest absolute Gasteiger partial charge is 0.271 e. The molecule has 6 heteroatoms. The Hall–Kier alpha value is -1.53. The van der Waals surface area contributed by atoms with Crippen molar-refractivity contribution in [3.8, 4) is 0 Å². The van der Waals surface area contributed by atoms with Crippen molar-refractivity contribution in [3.05, 3.63) is 58.3 Å². The number of halogens is 1. The minimum absolute atomic E-state index is 0.0334. The summed E-state index contributed by atoms with van der Waals surface area (Å²) < 4.78 is 1.16. The van der Waals surface area contributed by atoms with E-state index in [1.165, 1.54) is 0 Å². The van der Waals surface area contributed by atoms with Crippen molar-refractivity contribution in [2.45, 2.75) is 12.5 Å². The number of hydrazine groups is 1. The topological polar surface area (TPSA) is 63.8 Å². The Labute approximate surface area is 125 Å². The van der Waals surface area contributed by atoms with E-state index in [4.69, 9.17) is 17.4 Å². The fraction of sp³-hybridized carbons (Fsp3) is 0.143. The van der Waals surface area contributed by atoms with Gasteiger partial charge in [0.25, 0.3) is 0 Å². The van der Waals surface area contributed by atoms with Crippen molar-refractivity contribution in [3.63, 3.8) is 0 Å². The first kappa shape index (κ1) is 13.5. The second-order valence-corrected chi connectivity index (χ2v) is 5.82. The lowest BCUT2D eigenvalue weighted by molar-refractivity contribution is 0.551. The van der Waals surface area contributed by atoms with Crippen molar-refractivity contribution in [2.24, 2.45) is 5.84 Å². The molecule has 0 fully saturated rings. The number of aromatic nitrogens is 2. The molecule has 3 aromatic heterocycles. The molecular weight excluding hydrogens is 292 g/mol. The van der Waals surface area contributed by atoms with E-state index in [0.717, 1.165) is 21.3 Å². The van der Waals surface area contributed by atoms with Crippen LogP contribution in [0.1, 0.15) is 17.2 Å². The molecule has 3 aromatic rings. The standard InChI is InChI=1S/C14H13ClN4S/c15-11-8-17-3-1-9(11)5-13(19-16)10-6-14-12(18-7-10)2-4-20-14/h1-4,6-8,13,19H,5,16H2. The van der Waals surface area contributed by atoms with Gasteiger partial charge in [-0.3, -0.25) is 21.2 Å².